The lowest BCUT2D eigenvalue weighted by atomic mass is 9.49. The Morgan fingerprint density at radius 2 is 1.27 bits per heavy atom. The summed E-state index contributed by atoms with van der Waals surface area (Å²) in [6.45, 7) is 8.26. The Kier molecular flexibility index (Phi) is 1.89. The molecule has 0 amide bonds. The molecule has 3 rings (SSSR count). The van der Waals surface area contributed by atoms with Gasteiger partial charge in [0.15, 0.2) is 0 Å². The van der Waals surface area contributed by atoms with E-state index in [-0.39, 0.29) is 37.4 Å². The van der Waals surface area contributed by atoms with Crippen LogP contribution >= 0.6 is 0 Å². The smallest absolute Gasteiger partial charge is 0.407 e. The molecule has 2 atom stereocenters. The van der Waals surface area contributed by atoms with Crippen LogP contribution in [-0.2, 0) is 18.6 Å². The lowest BCUT2D eigenvalue weighted by Gasteiger charge is -2.32. The van der Waals surface area contributed by atoms with E-state index in [0.717, 1.165) is 6.42 Å². The zero-order chi connectivity index (χ0) is 10.8. The van der Waals surface area contributed by atoms with Crippen LogP contribution in [-0.4, -0.2) is 37.4 Å². The lowest BCUT2D eigenvalue weighted by molar-refractivity contribution is 0.00586. The zero-order valence-electron chi connectivity index (χ0n) is 9.65. The number of hydrogen-bond donors (Lipinski definition) is 0. The topological polar surface area (TPSA) is 36.9 Å². The predicted molar refractivity (Wildman–Crippen MR) is 56.2 cm³/mol. The summed E-state index contributed by atoms with van der Waals surface area (Å²) in [5, 5.41) is 0. The molecule has 82 valence electrons. The van der Waals surface area contributed by atoms with E-state index < -0.39 is 0 Å². The fourth-order valence-corrected chi connectivity index (χ4v) is 2.57. The third-order valence-corrected chi connectivity index (χ3v) is 3.64. The quantitative estimate of drug-likeness (QED) is 0.554. The fraction of sp³-hybridized carbons (Fsp3) is 1.00. The predicted octanol–water partition coefficient (Wildman–Crippen LogP) is 0.833. The van der Waals surface area contributed by atoms with E-state index in [1.165, 1.54) is 0 Å². The van der Waals surface area contributed by atoms with Gasteiger partial charge in [0, 0.05) is 6.42 Å². The van der Waals surface area contributed by atoms with Crippen molar-refractivity contribution in [3.05, 3.63) is 0 Å². The van der Waals surface area contributed by atoms with Crippen LogP contribution in [0, 0.1) is 0 Å². The molecule has 0 radical (unpaired) electrons. The SMILES string of the molecule is CC1(C)OB2OC1CC1OB2OC1(C)C. The molecule has 0 spiro atoms. The highest BCUT2D eigenvalue weighted by atomic mass is 16.7. The van der Waals surface area contributed by atoms with Crippen LogP contribution < -0.4 is 0 Å². The highest BCUT2D eigenvalue weighted by Crippen LogP contribution is 2.42. The van der Waals surface area contributed by atoms with Gasteiger partial charge < -0.3 is 18.6 Å². The van der Waals surface area contributed by atoms with Crippen molar-refractivity contribution in [1.29, 1.82) is 0 Å². The molecular weight excluding hydrogens is 194 g/mol. The number of hydrogen-bond acceptors (Lipinski definition) is 4. The van der Waals surface area contributed by atoms with Crippen molar-refractivity contribution in [2.45, 2.75) is 57.5 Å². The minimum atomic E-state index is -0.364. The number of rotatable bonds is 0. The largest absolute Gasteiger partial charge is 0.488 e. The third kappa shape index (κ3) is 1.39. The van der Waals surface area contributed by atoms with Crippen LogP contribution in [0.2, 0.25) is 0 Å². The van der Waals surface area contributed by atoms with Gasteiger partial charge >= 0.3 is 14.0 Å². The molecule has 3 aliphatic heterocycles. The van der Waals surface area contributed by atoms with E-state index in [0.29, 0.717) is 0 Å². The van der Waals surface area contributed by atoms with E-state index >= 15 is 0 Å². The second kappa shape index (κ2) is 2.80. The number of fused-ring (bicyclic) bond motifs is 5. The Bertz CT molecular complexity index is 266. The second-order valence-corrected chi connectivity index (χ2v) is 5.66. The monoisotopic (exact) mass is 210 g/mol. The van der Waals surface area contributed by atoms with Gasteiger partial charge in [-0.2, -0.15) is 0 Å². The lowest BCUT2D eigenvalue weighted by Crippen LogP contribution is -2.41. The zero-order valence-corrected chi connectivity index (χ0v) is 9.65. The van der Waals surface area contributed by atoms with Gasteiger partial charge in [0.2, 0.25) is 0 Å². The van der Waals surface area contributed by atoms with Crippen molar-refractivity contribution in [3.8, 4) is 0 Å². The highest BCUT2D eigenvalue weighted by molar-refractivity contribution is 7.11. The van der Waals surface area contributed by atoms with Crippen LogP contribution in [0.3, 0.4) is 0 Å². The molecular formula is C9H16B2O4. The Hall–Kier alpha value is -0.0301. The molecule has 2 unspecified atom stereocenters. The molecule has 0 aromatic carbocycles. The summed E-state index contributed by atoms with van der Waals surface area (Å²) in [6.07, 6.45) is 1.06. The molecule has 0 aromatic heterocycles. The van der Waals surface area contributed by atoms with Crippen molar-refractivity contribution < 1.29 is 18.6 Å². The first-order valence-corrected chi connectivity index (χ1v) is 5.55. The summed E-state index contributed by atoms with van der Waals surface area (Å²) in [4.78, 5) is 0. The minimum Gasteiger partial charge on any atom is -0.407 e. The van der Waals surface area contributed by atoms with Crippen LogP contribution in [0.1, 0.15) is 34.1 Å². The molecule has 4 nitrogen and oxygen atoms in total. The first-order chi connectivity index (χ1) is 6.88. The van der Waals surface area contributed by atoms with Crippen molar-refractivity contribution in [2.24, 2.45) is 0 Å². The standard InChI is InChI=1S/C9H16B2O4/c1-8(2)6-5-7-9(3,4)15-11(13-7)10(12-6)14-8/h6-7H,5H2,1-4H3. The molecule has 6 heteroatoms. The minimum absolute atomic E-state index is 0.112. The summed E-state index contributed by atoms with van der Waals surface area (Å²) in [5.41, 5.74) is -0.455. The van der Waals surface area contributed by atoms with Gasteiger partial charge in [-0.05, 0) is 27.7 Å². The molecule has 0 aliphatic carbocycles. The van der Waals surface area contributed by atoms with Crippen LogP contribution in [0.5, 0.6) is 0 Å². The summed E-state index contributed by atoms with van der Waals surface area (Å²) in [5.74, 6) is 0. The van der Waals surface area contributed by atoms with Crippen molar-refractivity contribution in [2.75, 3.05) is 0 Å². The molecule has 3 heterocycles. The van der Waals surface area contributed by atoms with Crippen LogP contribution in [0.4, 0.5) is 0 Å². The first kappa shape index (κ1) is 10.1. The molecule has 0 saturated carbocycles. The second-order valence-electron chi connectivity index (χ2n) is 5.66. The van der Waals surface area contributed by atoms with Crippen molar-refractivity contribution in [3.63, 3.8) is 0 Å². The Labute approximate surface area is 90.9 Å². The summed E-state index contributed by atoms with van der Waals surface area (Å²) in [6, 6.07) is 0. The fourth-order valence-electron chi connectivity index (χ4n) is 2.57. The normalized spacial score (nSPS) is 40.8. The Morgan fingerprint density at radius 3 is 1.67 bits per heavy atom. The highest BCUT2D eigenvalue weighted by Gasteiger charge is 2.63. The van der Waals surface area contributed by atoms with Gasteiger partial charge in [-0.1, -0.05) is 0 Å². The van der Waals surface area contributed by atoms with Gasteiger partial charge in [-0.15, -0.1) is 0 Å². The van der Waals surface area contributed by atoms with Gasteiger partial charge in [0.05, 0.1) is 23.4 Å². The van der Waals surface area contributed by atoms with E-state index in [1.807, 2.05) is 0 Å². The molecule has 0 aromatic rings. The summed E-state index contributed by atoms with van der Waals surface area (Å²) >= 11 is 0. The Morgan fingerprint density at radius 1 is 0.867 bits per heavy atom. The maximum absolute atomic E-state index is 5.80. The molecule has 3 aliphatic rings. The average molecular weight is 210 g/mol. The van der Waals surface area contributed by atoms with Gasteiger partial charge in [0.25, 0.3) is 0 Å². The van der Waals surface area contributed by atoms with Gasteiger partial charge in [-0.25, -0.2) is 0 Å². The van der Waals surface area contributed by atoms with Gasteiger partial charge in [-0.3, -0.25) is 0 Å². The van der Waals surface area contributed by atoms with E-state index in [2.05, 4.69) is 27.7 Å². The summed E-state index contributed by atoms with van der Waals surface area (Å²) in [7, 11) is -0.728. The van der Waals surface area contributed by atoms with Crippen molar-refractivity contribution in [1.82, 2.24) is 0 Å². The van der Waals surface area contributed by atoms with Crippen LogP contribution in [0.15, 0.2) is 0 Å². The molecule has 3 fully saturated rings. The van der Waals surface area contributed by atoms with Crippen LogP contribution in [0.25, 0.3) is 0 Å². The van der Waals surface area contributed by atoms with Gasteiger partial charge in [0.1, 0.15) is 0 Å². The Balaban J connectivity index is 1.92. The first-order valence-electron chi connectivity index (χ1n) is 5.55. The summed E-state index contributed by atoms with van der Waals surface area (Å²) < 4.78 is 23.2. The molecule has 4 bridgehead atoms. The maximum Gasteiger partial charge on any atom is 0.488 e. The van der Waals surface area contributed by atoms with Crippen molar-refractivity contribution >= 4 is 14.0 Å². The average Bonchev–Trinajstić information content (AvgIpc) is 2.44. The van der Waals surface area contributed by atoms with E-state index in [4.69, 9.17) is 18.6 Å². The van der Waals surface area contributed by atoms with E-state index in [1.54, 1.807) is 0 Å². The molecule has 3 saturated heterocycles. The third-order valence-electron chi connectivity index (χ3n) is 3.64. The maximum atomic E-state index is 5.80. The molecule has 15 heavy (non-hydrogen) atoms. The molecule has 0 N–H and O–H groups in total. The van der Waals surface area contributed by atoms with E-state index in [9.17, 15) is 0 Å².